The van der Waals surface area contributed by atoms with Gasteiger partial charge in [0.25, 0.3) is 0 Å². The van der Waals surface area contributed by atoms with Crippen LogP contribution in [0.2, 0.25) is 0 Å². The Bertz CT molecular complexity index is 474. The van der Waals surface area contributed by atoms with Crippen LogP contribution in [-0.2, 0) is 6.54 Å². The summed E-state index contributed by atoms with van der Waals surface area (Å²) in [4.78, 5) is 7.45. The molecule has 3 rings (SSSR count). The highest BCUT2D eigenvalue weighted by atomic mass is 16.5. The van der Waals surface area contributed by atoms with Crippen molar-refractivity contribution in [2.75, 3.05) is 53.4 Å². The molecule has 1 aromatic rings. The number of likely N-dealkylation sites (N-methyl/N-ethyl adjacent to an activating group) is 1. The Labute approximate surface area is 141 Å². The van der Waals surface area contributed by atoms with E-state index in [0.29, 0.717) is 0 Å². The van der Waals surface area contributed by atoms with Crippen molar-refractivity contribution in [1.82, 2.24) is 14.7 Å². The molecule has 0 aliphatic carbocycles. The van der Waals surface area contributed by atoms with Crippen LogP contribution in [0, 0.1) is 0 Å². The number of hydrogen-bond donors (Lipinski definition) is 0. The smallest absolute Gasteiger partial charge is 0.119 e. The monoisotopic (exact) mass is 317 g/mol. The van der Waals surface area contributed by atoms with Crippen LogP contribution in [0.4, 0.5) is 0 Å². The average Bonchev–Trinajstić information content (AvgIpc) is 2.56. The van der Waals surface area contributed by atoms with Gasteiger partial charge in [0, 0.05) is 38.8 Å². The van der Waals surface area contributed by atoms with Gasteiger partial charge < -0.3 is 9.64 Å². The average molecular weight is 317 g/mol. The lowest BCUT2D eigenvalue weighted by Gasteiger charge is -2.44. The van der Waals surface area contributed by atoms with E-state index in [1.807, 2.05) is 0 Å². The summed E-state index contributed by atoms with van der Waals surface area (Å²) in [6, 6.07) is 9.46. The molecule has 0 unspecified atom stereocenters. The predicted octanol–water partition coefficient (Wildman–Crippen LogP) is 2.30. The number of piperidine rings is 1. The molecule has 23 heavy (non-hydrogen) atoms. The van der Waals surface area contributed by atoms with Crippen LogP contribution in [0.25, 0.3) is 0 Å². The third-order valence-corrected chi connectivity index (χ3v) is 5.06. The molecule has 2 saturated heterocycles. The molecule has 2 aliphatic heterocycles. The minimum absolute atomic E-state index is 0.746. The molecule has 0 amide bonds. The molecule has 4 heteroatoms. The highest BCUT2D eigenvalue weighted by Crippen LogP contribution is 2.22. The summed E-state index contributed by atoms with van der Waals surface area (Å²) in [6.07, 6.45) is 4.19. The lowest BCUT2D eigenvalue weighted by Crippen LogP contribution is -2.54. The quantitative estimate of drug-likeness (QED) is 0.801. The summed E-state index contributed by atoms with van der Waals surface area (Å²) < 4.78 is 5.77. The van der Waals surface area contributed by atoms with E-state index in [-0.39, 0.29) is 0 Å². The summed E-state index contributed by atoms with van der Waals surface area (Å²) in [6.45, 7) is 7.78. The second-order valence-corrected chi connectivity index (χ2v) is 7.22. The first kappa shape index (κ1) is 16.7. The molecule has 1 atom stereocenters. The fraction of sp³-hybridized carbons (Fsp3) is 0.684. The first-order valence-corrected chi connectivity index (χ1v) is 9.03. The molecule has 1 aromatic carbocycles. The van der Waals surface area contributed by atoms with Crippen LogP contribution < -0.4 is 4.74 Å². The number of benzene rings is 1. The highest BCUT2D eigenvalue weighted by molar-refractivity contribution is 5.27. The van der Waals surface area contributed by atoms with Crippen molar-refractivity contribution in [3.8, 4) is 5.75 Å². The Morgan fingerprint density at radius 3 is 2.70 bits per heavy atom. The van der Waals surface area contributed by atoms with Crippen LogP contribution in [-0.4, -0.2) is 74.2 Å². The van der Waals surface area contributed by atoms with E-state index in [4.69, 9.17) is 4.74 Å². The Balaban J connectivity index is 1.46. The number of fused-ring (bicyclic) bond motifs is 1. The fourth-order valence-corrected chi connectivity index (χ4v) is 3.66. The Kier molecular flexibility index (Phi) is 5.92. The Morgan fingerprint density at radius 2 is 1.91 bits per heavy atom. The SMILES string of the molecule is CN(C)CCOc1ccc(CN2CCN3CCCC[C@H]3C2)cc1. The van der Waals surface area contributed by atoms with Gasteiger partial charge in [-0.1, -0.05) is 18.6 Å². The topological polar surface area (TPSA) is 19.0 Å². The van der Waals surface area contributed by atoms with Crippen molar-refractivity contribution >= 4 is 0 Å². The normalized spacial score (nSPS) is 23.0. The first-order chi connectivity index (χ1) is 11.2. The van der Waals surface area contributed by atoms with Crippen LogP contribution in [0.1, 0.15) is 24.8 Å². The minimum Gasteiger partial charge on any atom is -0.492 e. The minimum atomic E-state index is 0.746. The van der Waals surface area contributed by atoms with Crippen LogP contribution in [0.3, 0.4) is 0 Å². The first-order valence-electron chi connectivity index (χ1n) is 9.03. The third-order valence-electron chi connectivity index (χ3n) is 5.06. The molecular weight excluding hydrogens is 286 g/mol. The maximum absolute atomic E-state index is 5.77. The zero-order chi connectivity index (χ0) is 16.1. The molecule has 0 saturated carbocycles. The molecule has 128 valence electrons. The second-order valence-electron chi connectivity index (χ2n) is 7.22. The van der Waals surface area contributed by atoms with Gasteiger partial charge in [-0.15, -0.1) is 0 Å². The zero-order valence-corrected chi connectivity index (χ0v) is 14.7. The van der Waals surface area contributed by atoms with E-state index in [1.54, 1.807) is 0 Å². The number of piperazine rings is 1. The molecule has 2 fully saturated rings. The molecule has 2 aliphatic rings. The van der Waals surface area contributed by atoms with Gasteiger partial charge in [-0.05, 0) is 51.2 Å². The van der Waals surface area contributed by atoms with Crippen molar-refractivity contribution in [2.45, 2.75) is 31.8 Å². The Morgan fingerprint density at radius 1 is 1.09 bits per heavy atom. The summed E-state index contributed by atoms with van der Waals surface area (Å²) in [5.41, 5.74) is 1.40. The summed E-state index contributed by atoms with van der Waals surface area (Å²) in [5, 5.41) is 0. The van der Waals surface area contributed by atoms with Crippen molar-refractivity contribution in [3.05, 3.63) is 29.8 Å². The zero-order valence-electron chi connectivity index (χ0n) is 14.7. The van der Waals surface area contributed by atoms with Crippen molar-refractivity contribution < 1.29 is 4.74 Å². The molecule has 0 bridgehead atoms. The van der Waals surface area contributed by atoms with Crippen molar-refractivity contribution in [2.24, 2.45) is 0 Å². The van der Waals surface area contributed by atoms with E-state index in [0.717, 1.165) is 31.5 Å². The molecule has 0 N–H and O–H groups in total. The number of hydrogen-bond acceptors (Lipinski definition) is 4. The van der Waals surface area contributed by atoms with E-state index >= 15 is 0 Å². The molecule has 2 heterocycles. The summed E-state index contributed by atoms with van der Waals surface area (Å²) in [5.74, 6) is 0.979. The largest absolute Gasteiger partial charge is 0.492 e. The van der Waals surface area contributed by atoms with Crippen molar-refractivity contribution in [3.63, 3.8) is 0 Å². The standard InChI is InChI=1S/C19H31N3O/c1-20(2)13-14-23-19-8-6-17(7-9-19)15-21-11-12-22-10-4-3-5-18(22)16-21/h6-9,18H,3-5,10-16H2,1-2H3/t18-/m0/s1. The number of nitrogens with zero attached hydrogens (tertiary/aromatic N) is 3. The predicted molar refractivity (Wildman–Crippen MR) is 95.0 cm³/mol. The van der Waals surface area contributed by atoms with E-state index in [9.17, 15) is 0 Å². The van der Waals surface area contributed by atoms with Crippen molar-refractivity contribution in [1.29, 1.82) is 0 Å². The van der Waals surface area contributed by atoms with Gasteiger partial charge in [0.05, 0.1) is 0 Å². The van der Waals surface area contributed by atoms with Gasteiger partial charge in [0.15, 0.2) is 0 Å². The second kappa shape index (κ2) is 8.13. The van der Waals surface area contributed by atoms with Crippen LogP contribution in [0.15, 0.2) is 24.3 Å². The number of rotatable bonds is 6. The summed E-state index contributed by atoms with van der Waals surface area (Å²) >= 11 is 0. The maximum Gasteiger partial charge on any atom is 0.119 e. The van der Waals surface area contributed by atoms with Gasteiger partial charge in [0.2, 0.25) is 0 Å². The van der Waals surface area contributed by atoms with Gasteiger partial charge in [0.1, 0.15) is 12.4 Å². The third kappa shape index (κ3) is 4.93. The van der Waals surface area contributed by atoms with E-state index < -0.39 is 0 Å². The van der Waals surface area contributed by atoms with Crippen LogP contribution >= 0.6 is 0 Å². The lowest BCUT2D eigenvalue weighted by molar-refractivity contribution is 0.0457. The molecular formula is C19H31N3O. The summed E-state index contributed by atoms with van der Waals surface area (Å²) in [7, 11) is 4.14. The fourth-order valence-electron chi connectivity index (χ4n) is 3.66. The molecule has 0 radical (unpaired) electrons. The van der Waals surface area contributed by atoms with Crippen LogP contribution in [0.5, 0.6) is 5.75 Å². The van der Waals surface area contributed by atoms with Gasteiger partial charge in [-0.3, -0.25) is 9.80 Å². The molecule has 0 spiro atoms. The Hall–Kier alpha value is -1.10. The number of ether oxygens (including phenoxy) is 1. The lowest BCUT2D eigenvalue weighted by atomic mass is 9.99. The maximum atomic E-state index is 5.77. The molecule has 4 nitrogen and oxygen atoms in total. The van der Waals surface area contributed by atoms with E-state index in [2.05, 4.69) is 53.1 Å². The van der Waals surface area contributed by atoms with Gasteiger partial charge >= 0.3 is 0 Å². The highest BCUT2D eigenvalue weighted by Gasteiger charge is 2.28. The van der Waals surface area contributed by atoms with Gasteiger partial charge in [-0.25, -0.2) is 0 Å². The van der Waals surface area contributed by atoms with E-state index in [1.165, 1.54) is 51.0 Å². The van der Waals surface area contributed by atoms with Gasteiger partial charge in [-0.2, -0.15) is 0 Å². The molecule has 0 aromatic heterocycles.